The molecule has 0 aromatic carbocycles. The van der Waals surface area contributed by atoms with Gasteiger partial charge in [0, 0.05) is 32.0 Å². The summed E-state index contributed by atoms with van der Waals surface area (Å²) < 4.78 is 0. The number of pyridine rings is 1. The quantitative estimate of drug-likeness (QED) is 0.841. The van der Waals surface area contributed by atoms with Gasteiger partial charge in [-0.25, -0.2) is 0 Å². The molecule has 0 fully saturated rings. The van der Waals surface area contributed by atoms with E-state index in [0.717, 1.165) is 25.2 Å². The van der Waals surface area contributed by atoms with Crippen molar-refractivity contribution >= 4 is 11.8 Å². The number of anilines is 2. The Morgan fingerprint density at radius 2 is 2.05 bits per heavy atom. The highest BCUT2D eigenvalue weighted by atomic mass is 15.3. The molecule has 6 nitrogen and oxygen atoms in total. The molecular weight excluding hydrogens is 264 g/mol. The maximum Gasteiger partial charge on any atom is 0.247 e. The van der Waals surface area contributed by atoms with Crippen LogP contribution < -0.4 is 10.2 Å². The van der Waals surface area contributed by atoms with Crippen LogP contribution in [0.2, 0.25) is 0 Å². The molecule has 6 heteroatoms. The maximum absolute atomic E-state index is 4.50. The Morgan fingerprint density at radius 3 is 2.76 bits per heavy atom. The topological polar surface area (TPSA) is 66.8 Å². The number of rotatable bonds is 7. The van der Waals surface area contributed by atoms with E-state index >= 15 is 0 Å². The third-order valence-corrected chi connectivity index (χ3v) is 3.38. The minimum Gasteiger partial charge on any atom is -0.366 e. The summed E-state index contributed by atoms with van der Waals surface area (Å²) in [6.45, 7) is 5.08. The largest absolute Gasteiger partial charge is 0.366 e. The summed E-state index contributed by atoms with van der Waals surface area (Å²) in [5, 5.41) is 11.4. The van der Waals surface area contributed by atoms with Crippen molar-refractivity contribution in [2.75, 3.05) is 23.8 Å². The van der Waals surface area contributed by atoms with Crippen molar-refractivity contribution < 1.29 is 0 Å². The summed E-state index contributed by atoms with van der Waals surface area (Å²) in [6.07, 6.45) is 7.24. The molecule has 0 radical (unpaired) electrons. The van der Waals surface area contributed by atoms with E-state index in [9.17, 15) is 0 Å². The molecule has 1 unspecified atom stereocenters. The lowest BCUT2D eigenvalue weighted by Crippen LogP contribution is -2.24. The monoisotopic (exact) mass is 286 g/mol. The van der Waals surface area contributed by atoms with Crippen molar-refractivity contribution in [1.82, 2.24) is 20.2 Å². The molecule has 0 saturated heterocycles. The van der Waals surface area contributed by atoms with E-state index in [2.05, 4.69) is 39.3 Å². The van der Waals surface area contributed by atoms with Crippen LogP contribution in [-0.2, 0) is 6.42 Å². The van der Waals surface area contributed by atoms with Gasteiger partial charge in [-0.05, 0) is 37.5 Å². The molecule has 0 aliphatic heterocycles. The number of aromatic nitrogens is 4. The summed E-state index contributed by atoms with van der Waals surface area (Å²) in [7, 11) is 1.98. The van der Waals surface area contributed by atoms with E-state index in [1.807, 2.05) is 36.5 Å². The third-order valence-electron chi connectivity index (χ3n) is 3.38. The highest BCUT2D eigenvalue weighted by Gasteiger charge is 2.08. The number of hydrogen-bond acceptors (Lipinski definition) is 6. The summed E-state index contributed by atoms with van der Waals surface area (Å²) >= 11 is 0. The molecule has 0 aliphatic carbocycles. The van der Waals surface area contributed by atoms with Gasteiger partial charge in [0.1, 0.15) is 0 Å². The van der Waals surface area contributed by atoms with Gasteiger partial charge in [0.2, 0.25) is 5.95 Å². The summed E-state index contributed by atoms with van der Waals surface area (Å²) in [5.74, 6) is 1.41. The first kappa shape index (κ1) is 15.2. The summed E-state index contributed by atoms with van der Waals surface area (Å²) in [4.78, 5) is 10.5. The first-order valence-corrected chi connectivity index (χ1v) is 7.25. The zero-order valence-electron chi connectivity index (χ0n) is 12.8. The molecule has 2 heterocycles. The molecule has 0 bridgehead atoms. The molecule has 1 atom stereocenters. The average Bonchev–Trinajstić information content (AvgIpc) is 2.53. The Labute approximate surface area is 125 Å². The van der Waals surface area contributed by atoms with Crippen LogP contribution in [0, 0.1) is 0 Å². The van der Waals surface area contributed by atoms with E-state index in [-0.39, 0.29) is 0 Å². The molecule has 0 amide bonds. The molecule has 2 aromatic heterocycles. The molecule has 0 aliphatic rings. The van der Waals surface area contributed by atoms with Gasteiger partial charge in [0.05, 0.1) is 6.20 Å². The first-order valence-electron chi connectivity index (χ1n) is 7.25. The fraction of sp³-hybridized carbons (Fsp3) is 0.467. The van der Waals surface area contributed by atoms with Crippen molar-refractivity contribution in [3.8, 4) is 0 Å². The Kier molecular flexibility index (Phi) is 5.43. The van der Waals surface area contributed by atoms with E-state index < -0.39 is 0 Å². The standard InChI is InChI=1S/C15H22N6/c1-4-12(2)18-14-11-17-20-15(19-14)21(3)10-7-13-5-8-16-9-6-13/h5-6,8-9,11-12H,4,7,10H2,1-3H3,(H,18,19,20). The lowest BCUT2D eigenvalue weighted by molar-refractivity contribution is 0.749. The minimum absolute atomic E-state index is 0.372. The van der Waals surface area contributed by atoms with Gasteiger partial charge in [-0.3, -0.25) is 4.98 Å². The van der Waals surface area contributed by atoms with Crippen LogP contribution in [-0.4, -0.2) is 39.8 Å². The Bertz CT molecular complexity index is 545. The number of hydrogen-bond donors (Lipinski definition) is 1. The maximum atomic E-state index is 4.50. The van der Waals surface area contributed by atoms with Crippen LogP contribution >= 0.6 is 0 Å². The fourth-order valence-electron chi connectivity index (χ4n) is 1.83. The van der Waals surface area contributed by atoms with E-state index in [4.69, 9.17) is 0 Å². The second kappa shape index (κ2) is 7.52. The zero-order chi connectivity index (χ0) is 15.1. The van der Waals surface area contributed by atoms with Gasteiger partial charge in [-0.2, -0.15) is 10.1 Å². The second-order valence-electron chi connectivity index (χ2n) is 5.12. The number of nitrogens with one attached hydrogen (secondary N) is 1. The molecule has 0 spiro atoms. The van der Waals surface area contributed by atoms with Gasteiger partial charge in [-0.15, -0.1) is 5.10 Å². The Morgan fingerprint density at radius 1 is 1.29 bits per heavy atom. The predicted molar refractivity (Wildman–Crippen MR) is 84.4 cm³/mol. The Balaban J connectivity index is 1.95. The van der Waals surface area contributed by atoms with Crippen LogP contribution in [0.1, 0.15) is 25.8 Å². The van der Waals surface area contributed by atoms with Gasteiger partial charge in [-0.1, -0.05) is 6.92 Å². The molecule has 0 saturated carbocycles. The first-order chi connectivity index (χ1) is 10.2. The summed E-state index contributed by atoms with van der Waals surface area (Å²) in [5.41, 5.74) is 1.25. The molecular formula is C15H22N6. The van der Waals surface area contributed by atoms with Crippen LogP contribution in [0.5, 0.6) is 0 Å². The molecule has 2 rings (SSSR count). The zero-order valence-corrected chi connectivity index (χ0v) is 12.8. The van der Waals surface area contributed by atoms with Crippen molar-refractivity contribution in [2.45, 2.75) is 32.7 Å². The van der Waals surface area contributed by atoms with Crippen molar-refractivity contribution in [3.63, 3.8) is 0 Å². The van der Waals surface area contributed by atoms with Crippen molar-refractivity contribution in [1.29, 1.82) is 0 Å². The van der Waals surface area contributed by atoms with Crippen LogP contribution in [0.15, 0.2) is 30.7 Å². The van der Waals surface area contributed by atoms with Crippen molar-refractivity contribution in [3.05, 3.63) is 36.3 Å². The van der Waals surface area contributed by atoms with Gasteiger partial charge >= 0.3 is 0 Å². The smallest absolute Gasteiger partial charge is 0.247 e. The van der Waals surface area contributed by atoms with Gasteiger partial charge < -0.3 is 10.2 Å². The van der Waals surface area contributed by atoms with Crippen LogP contribution in [0.25, 0.3) is 0 Å². The summed E-state index contributed by atoms with van der Waals surface area (Å²) in [6, 6.07) is 4.42. The van der Waals surface area contributed by atoms with E-state index in [0.29, 0.717) is 12.0 Å². The lowest BCUT2D eigenvalue weighted by atomic mass is 10.2. The molecule has 2 aromatic rings. The van der Waals surface area contributed by atoms with Crippen LogP contribution in [0.3, 0.4) is 0 Å². The molecule has 112 valence electrons. The number of likely N-dealkylation sites (N-methyl/N-ethyl adjacent to an activating group) is 1. The highest BCUT2D eigenvalue weighted by molar-refractivity contribution is 5.39. The van der Waals surface area contributed by atoms with Crippen LogP contribution in [0.4, 0.5) is 11.8 Å². The third kappa shape index (κ3) is 4.66. The predicted octanol–water partition coefficient (Wildman–Crippen LogP) is 2.16. The van der Waals surface area contributed by atoms with E-state index in [1.54, 1.807) is 6.20 Å². The Hall–Kier alpha value is -2.24. The SMILES string of the molecule is CCC(C)Nc1cnnc(N(C)CCc2ccncc2)n1. The van der Waals surface area contributed by atoms with Gasteiger partial charge in [0.15, 0.2) is 5.82 Å². The lowest BCUT2D eigenvalue weighted by Gasteiger charge is -2.18. The molecule has 21 heavy (non-hydrogen) atoms. The highest BCUT2D eigenvalue weighted by Crippen LogP contribution is 2.10. The fourth-order valence-corrected chi connectivity index (χ4v) is 1.83. The minimum atomic E-state index is 0.372. The van der Waals surface area contributed by atoms with Crippen molar-refractivity contribution in [2.24, 2.45) is 0 Å². The number of nitrogens with zero attached hydrogens (tertiary/aromatic N) is 5. The average molecular weight is 286 g/mol. The molecule has 1 N–H and O–H groups in total. The normalized spacial score (nSPS) is 12.0. The second-order valence-corrected chi connectivity index (χ2v) is 5.12. The van der Waals surface area contributed by atoms with E-state index in [1.165, 1.54) is 5.56 Å². The van der Waals surface area contributed by atoms with Gasteiger partial charge in [0.25, 0.3) is 0 Å².